The number of carbonyl (C=O) groups is 1. The van der Waals surface area contributed by atoms with Crippen molar-refractivity contribution >= 4 is 23.4 Å². The number of rotatable bonds is 9. The van der Waals surface area contributed by atoms with E-state index in [9.17, 15) is 4.79 Å². The van der Waals surface area contributed by atoms with Crippen LogP contribution in [0.15, 0.2) is 96.1 Å². The third-order valence-electron chi connectivity index (χ3n) is 4.22. The summed E-state index contributed by atoms with van der Waals surface area (Å²) in [5.74, 6) is 0.570. The number of hydrazone groups is 1. The Hall–Kier alpha value is -3.86. The fourth-order valence-corrected chi connectivity index (χ4v) is 2.73. The number of amides is 1. The minimum Gasteiger partial charge on any atom is -0.494 e. The summed E-state index contributed by atoms with van der Waals surface area (Å²) in [6, 6.07) is 27.2. The highest BCUT2D eigenvalue weighted by Gasteiger charge is 2.03. The molecule has 0 heterocycles. The van der Waals surface area contributed by atoms with Crippen molar-refractivity contribution < 1.29 is 9.53 Å². The summed E-state index contributed by atoms with van der Waals surface area (Å²) in [5, 5.41) is 7.41. The largest absolute Gasteiger partial charge is 0.494 e. The topological polar surface area (TPSA) is 62.7 Å². The van der Waals surface area contributed by atoms with E-state index in [1.807, 2.05) is 104 Å². The lowest BCUT2D eigenvalue weighted by Crippen LogP contribution is -2.26. The zero-order chi connectivity index (χ0) is 21.0. The predicted octanol–water partition coefficient (Wildman–Crippen LogP) is 4.73. The van der Waals surface area contributed by atoms with Crippen LogP contribution < -0.4 is 15.5 Å². The Morgan fingerprint density at radius 3 is 2.27 bits per heavy atom. The van der Waals surface area contributed by atoms with Gasteiger partial charge in [0.2, 0.25) is 0 Å². The first-order valence-electron chi connectivity index (χ1n) is 9.86. The lowest BCUT2D eigenvalue weighted by Gasteiger charge is -2.08. The van der Waals surface area contributed by atoms with Gasteiger partial charge in [-0.1, -0.05) is 66.7 Å². The van der Waals surface area contributed by atoms with E-state index in [2.05, 4.69) is 15.8 Å². The number of nitrogens with one attached hydrogen (secondary N) is 2. The molecule has 0 fully saturated rings. The summed E-state index contributed by atoms with van der Waals surface area (Å²) in [6.45, 7) is 2.67. The van der Waals surface area contributed by atoms with Crippen LogP contribution in [0.5, 0.6) is 5.75 Å². The maximum atomic E-state index is 12.3. The zero-order valence-electron chi connectivity index (χ0n) is 16.9. The molecule has 0 unspecified atom stereocenters. The van der Waals surface area contributed by atoms with Crippen LogP contribution in [0, 0.1) is 0 Å². The molecule has 30 heavy (non-hydrogen) atoms. The van der Waals surface area contributed by atoms with Gasteiger partial charge in [-0.15, -0.1) is 0 Å². The molecule has 3 aromatic carbocycles. The highest BCUT2D eigenvalue weighted by molar-refractivity contribution is 6.11. The van der Waals surface area contributed by atoms with Crippen LogP contribution in [0.1, 0.15) is 18.1 Å². The lowest BCUT2D eigenvalue weighted by atomic mass is 10.1. The maximum absolute atomic E-state index is 12.3. The number of ether oxygens (including phenoxy) is 1. The Bertz CT molecular complexity index is 982. The summed E-state index contributed by atoms with van der Waals surface area (Å²) in [7, 11) is 0. The summed E-state index contributed by atoms with van der Waals surface area (Å²) in [4.78, 5) is 12.3. The van der Waals surface area contributed by atoms with Crippen molar-refractivity contribution in [2.24, 2.45) is 5.10 Å². The molecular weight excluding hydrogens is 374 g/mol. The van der Waals surface area contributed by atoms with E-state index in [0.717, 1.165) is 22.6 Å². The SMILES string of the molecule is CCOc1ccc(NCC(=O)N/N=C(\C=C\c2ccccc2)c2ccccc2)cc1. The Morgan fingerprint density at radius 2 is 1.60 bits per heavy atom. The molecule has 1 amide bonds. The molecule has 0 radical (unpaired) electrons. The van der Waals surface area contributed by atoms with Crippen molar-refractivity contribution in [3.63, 3.8) is 0 Å². The quantitative estimate of drug-likeness (QED) is 0.404. The second-order valence-electron chi connectivity index (χ2n) is 6.45. The van der Waals surface area contributed by atoms with Crippen LogP contribution in [-0.2, 0) is 4.79 Å². The number of nitrogens with zero attached hydrogens (tertiary/aromatic N) is 1. The number of allylic oxidation sites excluding steroid dienone is 1. The molecular formula is C25H25N3O2. The average molecular weight is 399 g/mol. The number of benzene rings is 3. The van der Waals surface area contributed by atoms with Gasteiger partial charge in [-0.05, 0) is 42.8 Å². The monoisotopic (exact) mass is 399 g/mol. The molecule has 0 bridgehead atoms. The Kier molecular flexibility index (Phi) is 7.80. The van der Waals surface area contributed by atoms with E-state index in [0.29, 0.717) is 12.3 Å². The van der Waals surface area contributed by atoms with E-state index >= 15 is 0 Å². The molecule has 0 spiro atoms. The van der Waals surface area contributed by atoms with Crippen molar-refractivity contribution in [1.29, 1.82) is 0 Å². The first kappa shape index (κ1) is 20.9. The van der Waals surface area contributed by atoms with E-state index in [4.69, 9.17) is 4.74 Å². The van der Waals surface area contributed by atoms with Crippen LogP contribution in [-0.4, -0.2) is 24.8 Å². The average Bonchev–Trinajstić information content (AvgIpc) is 2.80. The van der Waals surface area contributed by atoms with Gasteiger partial charge in [0.05, 0.1) is 18.9 Å². The second kappa shape index (κ2) is 11.2. The molecule has 2 N–H and O–H groups in total. The lowest BCUT2D eigenvalue weighted by molar-refractivity contribution is -0.119. The number of hydrogen-bond donors (Lipinski definition) is 2. The molecule has 0 saturated carbocycles. The van der Waals surface area contributed by atoms with Gasteiger partial charge in [0.25, 0.3) is 5.91 Å². The third kappa shape index (κ3) is 6.63. The molecule has 0 aromatic heterocycles. The Labute approximate surface area is 177 Å². The molecule has 0 atom stereocenters. The van der Waals surface area contributed by atoms with E-state index in [-0.39, 0.29) is 12.5 Å². The highest BCUT2D eigenvalue weighted by Crippen LogP contribution is 2.15. The van der Waals surface area contributed by atoms with Crippen LogP contribution in [0.3, 0.4) is 0 Å². The van der Waals surface area contributed by atoms with Crippen LogP contribution in [0.2, 0.25) is 0 Å². The summed E-state index contributed by atoms with van der Waals surface area (Å²) < 4.78 is 5.42. The molecule has 0 aliphatic heterocycles. The molecule has 5 nitrogen and oxygen atoms in total. The fraction of sp³-hybridized carbons (Fsp3) is 0.120. The summed E-state index contributed by atoms with van der Waals surface area (Å²) in [5.41, 5.74) is 6.12. The van der Waals surface area contributed by atoms with Crippen LogP contribution in [0.4, 0.5) is 5.69 Å². The molecule has 152 valence electrons. The first-order chi connectivity index (χ1) is 14.7. The van der Waals surface area contributed by atoms with Gasteiger partial charge in [-0.25, -0.2) is 5.43 Å². The van der Waals surface area contributed by atoms with E-state index in [1.165, 1.54) is 0 Å². The van der Waals surface area contributed by atoms with Gasteiger partial charge in [-0.2, -0.15) is 5.10 Å². The van der Waals surface area contributed by atoms with Gasteiger partial charge < -0.3 is 10.1 Å². The van der Waals surface area contributed by atoms with E-state index in [1.54, 1.807) is 0 Å². The van der Waals surface area contributed by atoms with Crippen molar-refractivity contribution in [2.75, 3.05) is 18.5 Å². The molecule has 0 aliphatic carbocycles. The highest BCUT2D eigenvalue weighted by atomic mass is 16.5. The number of carbonyl (C=O) groups excluding carboxylic acids is 1. The first-order valence-corrected chi connectivity index (χ1v) is 9.86. The fourth-order valence-electron chi connectivity index (χ4n) is 2.73. The second-order valence-corrected chi connectivity index (χ2v) is 6.45. The Balaban J connectivity index is 1.63. The smallest absolute Gasteiger partial charge is 0.259 e. The minimum atomic E-state index is -0.231. The normalized spacial score (nSPS) is 11.3. The molecule has 3 rings (SSSR count). The number of hydrogen-bond acceptors (Lipinski definition) is 4. The summed E-state index contributed by atoms with van der Waals surface area (Å²) >= 11 is 0. The maximum Gasteiger partial charge on any atom is 0.259 e. The minimum absolute atomic E-state index is 0.113. The van der Waals surface area contributed by atoms with Gasteiger partial charge in [-0.3, -0.25) is 4.79 Å². The van der Waals surface area contributed by atoms with Gasteiger partial charge in [0, 0.05) is 11.3 Å². The van der Waals surface area contributed by atoms with Crippen molar-refractivity contribution in [1.82, 2.24) is 5.43 Å². The molecule has 5 heteroatoms. The molecule has 0 saturated heterocycles. The predicted molar refractivity (Wildman–Crippen MR) is 123 cm³/mol. The van der Waals surface area contributed by atoms with E-state index < -0.39 is 0 Å². The zero-order valence-corrected chi connectivity index (χ0v) is 16.9. The summed E-state index contributed by atoms with van der Waals surface area (Å²) in [6.07, 6.45) is 3.86. The Morgan fingerprint density at radius 1 is 0.933 bits per heavy atom. The molecule has 3 aromatic rings. The van der Waals surface area contributed by atoms with Crippen molar-refractivity contribution in [2.45, 2.75) is 6.92 Å². The molecule has 0 aliphatic rings. The number of anilines is 1. The van der Waals surface area contributed by atoms with Crippen molar-refractivity contribution in [3.05, 3.63) is 102 Å². The van der Waals surface area contributed by atoms with Gasteiger partial charge in [0.15, 0.2) is 0 Å². The van der Waals surface area contributed by atoms with Gasteiger partial charge in [0.1, 0.15) is 5.75 Å². The van der Waals surface area contributed by atoms with Crippen molar-refractivity contribution in [3.8, 4) is 5.75 Å². The van der Waals surface area contributed by atoms with Crippen LogP contribution in [0.25, 0.3) is 6.08 Å². The standard InChI is InChI=1S/C25H25N3O2/c1-2-30-23-16-14-22(15-17-23)26-19-25(29)28-27-24(21-11-7-4-8-12-21)18-13-20-9-5-3-6-10-20/h3-18,26H,2,19H2,1H3,(H,28,29)/b18-13+,27-24+. The van der Waals surface area contributed by atoms with Gasteiger partial charge >= 0.3 is 0 Å². The third-order valence-corrected chi connectivity index (χ3v) is 4.22. The van der Waals surface area contributed by atoms with Crippen LogP contribution >= 0.6 is 0 Å².